The zero-order chi connectivity index (χ0) is 39.3. The van der Waals surface area contributed by atoms with Crippen molar-refractivity contribution in [1.29, 1.82) is 0 Å². The van der Waals surface area contributed by atoms with Gasteiger partial charge in [-0.2, -0.15) is 0 Å². The number of pyridine rings is 2. The Bertz CT molecular complexity index is 2630. The summed E-state index contributed by atoms with van der Waals surface area (Å²) in [6.07, 6.45) is 1.32. The molecule has 0 atom stereocenters. The summed E-state index contributed by atoms with van der Waals surface area (Å²) in [4.78, 5) is 13.6. The van der Waals surface area contributed by atoms with Crippen molar-refractivity contribution in [3.05, 3.63) is 133 Å². The van der Waals surface area contributed by atoms with Crippen LogP contribution in [0.25, 0.3) is 67.0 Å². The molecule has 51 heavy (non-hydrogen) atoms. The second kappa shape index (κ2) is 14.5. The van der Waals surface area contributed by atoms with Crippen molar-refractivity contribution in [3.63, 3.8) is 0 Å². The molecule has 1 radical (unpaired) electrons. The van der Waals surface area contributed by atoms with Crippen LogP contribution in [0.4, 0.5) is 0 Å². The zero-order valence-corrected chi connectivity index (χ0v) is 32.8. The monoisotopic (exact) mass is 869 g/mol. The number of hydrogen-bond acceptors (Lipinski definition) is 5. The van der Waals surface area contributed by atoms with E-state index in [9.17, 15) is 0 Å². The first-order valence-corrected chi connectivity index (χ1v) is 20.1. The van der Waals surface area contributed by atoms with Crippen LogP contribution in [0.2, 0.25) is 19.6 Å². The molecule has 0 saturated carbocycles. The Morgan fingerprint density at radius 1 is 0.765 bits per heavy atom. The molecule has 0 amide bonds. The van der Waals surface area contributed by atoms with E-state index in [0.29, 0.717) is 39.4 Å². The molecule has 0 saturated heterocycles. The smallest absolute Gasteiger partial charge is 0.227 e. The molecule has 7 heteroatoms. The number of aryl methyl sites for hydroxylation is 1. The van der Waals surface area contributed by atoms with Gasteiger partial charge < -0.3 is 18.8 Å². The summed E-state index contributed by atoms with van der Waals surface area (Å²) in [5, 5.41) is 3.03. The minimum atomic E-state index is -2.52. The van der Waals surface area contributed by atoms with Crippen LogP contribution in [0.1, 0.15) is 38.8 Å². The summed E-state index contributed by atoms with van der Waals surface area (Å²) in [5.41, 5.74) is 5.09. The molecule has 8 rings (SSSR count). The van der Waals surface area contributed by atoms with Crippen LogP contribution in [-0.2, 0) is 26.5 Å². The molecule has 0 fully saturated rings. The van der Waals surface area contributed by atoms with Crippen LogP contribution >= 0.6 is 0 Å². The van der Waals surface area contributed by atoms with E-state index < -0.39 is 26.7 Å². The number of oxazole rings is 1. The zero-order valence-electron chi connectivity index (χ0n) is 34.4. The topological polar surface area (TPSA) is 65.0 Å². The van der Waals surface area contributed by atoms with Gasteiger partial charge in [-0.3, -0.25) is 0 Å². The predicted molar refractivity (Wildman–Crippen MR) is 208 cm³/mol. The van der Waals surface area contributed by atoms with Crippen molar-refractivity contribution in [2.45, 2.75) is 53.6 Å². The van der Waals surface area contributed by atoms with E-state index in [-0.39, 0.29) is 31.2 Å². The second-order valence-corrected chi connectivity index (χ2v) is 19.4. The maximum Gasteiger partial charge on any atom is 0.227 e. The third-order valence-electron chi connectivity index (χ3n) is 8.26. The van der Waals surface area contributed by atoms with Gasteiger partial charge in [0.2, 0.25) is 5.89 Å². The molecule has 0 spiro atoms. The van der Waals surface area contributed by atoms with Crippen LogP contribution in [0, 0.1) is 24.4 Å². The standard InChI is InChI=1S/C30H25N2O2.C14H16NSi.Ir/c1-18-17-31-25(15-20(18)16-30(2,3)4)23-12-8-11-21-22-13-14-24-28(27(22)33-26(21)23)34-29(32-24)19-9-6-5-7-10-19;1-16(2,3)13-9-10-14(15-11-13)12-7-5-4-6-8-12;/h5-11,13-15,17H,16H2,1-4H3;4-7,9-11H,1-3H3;/q2*-1;/i1D3,16D2;;. The minimum absolute atomic E-state index is 0. The van der Waals surface area contributed by atoms with Gasteiger partial charge >= 0.3 is 0 Å². The average molecular weight is 869 g/mol. The van der Waals surface area contributed by atoms with Crippen LogP contribution in [-0.4, -0.2) is 23.0 Å². The first-order valence-electron chi connectivity index (χ1n) is 19.1. The summed E-state index contributed by atoms with van der Waals surface area (Å²) < 4.78 is 54.2. The van der Waals surface area contributed by atoms with Gasteiger partial charge in [-0.25, -0.2) is 4.98 Å². The van der Waals surface area contributed by atoms with E-state index in [0.717, 1.165) is 27.6 Å². The summed E-state index contributed by atoms with van der Waals surface area (Å²) >= 11 is 0. The van der Waals surface area contributed by atoms with Gasteiger partial charge in [0.05, 0.1) is 13.7 Å². The van der Waals surface area contributed by atoms with Crippen molar-refractivity contribution < 1.29 is 35.8 Å². The van der Waals surface area contributed by atoms with E-state index >= 15 is 0 Å². The van der Waals surface area contributed by atoms with Gasteiger partial charge in [0, 0.05) is 50.3 Å². The number of hydrogen-bond donors (Lipinski definition) is 0. The van der Waals surface area contributed by atoms with Crippen LogP contribution < -0.4 is 5.19 Å². The quantitative estimate of drug-likeness (QED) is 0.127. The molecular weight excluding hydrogens is 823 g/mol. The molecule has 0 N–H and O–H groups in total. The summed E-state index contributed by atoms with van der Waals surface area (Å²) in [6.45, 7) is 9.70. The van der Waals surface area contributed by atoms with E-state index in [2.05, 4.69) is 58.9 Å². The fourth-order valence-electron chi connectivity index (χ4n) is 5.73. The van der Waals surface area contributed by atoms with Crippen LogP contribution in [0.3, 0.4) is 0 Å². The maximum atomic E-state index is 8.85. The largest absolute Gasteiger partial charge is 0.497 e. The van der Waals surface area contributed by atoms with Crippen LogP contribution in [0.5, 0.6) is 0 Å². The van der Waals surface area contributed by atoms with Gasteiger partial charge in [0.15, 0.2) is 11.2 Å². The average Bonchev–Trinajstić information content (AvgIpc) is 3.77. The van der Waals surface area contributed by atoms with E-state index in [1.807, 2.05) is 79.0 Å². The Morgan fingerprint density at radius 2 is 1.53 bits per heavy atom. The fraction of sp³-hybridized carbons (Fsp3) is 0.205. The second-order valence-electron chi connectivity index (χ2n) is 14.3. The minimum Gasteiger partial charge on any atom is -0.497 e. The van der Waals surface area contributed by atoms with Crippen molar-refractivity contribution >= 4 is 46.3 Å². The molecular formula is C44H41IrN3O2Si-2. The van der Waals surface area contributed by atoms with Gasteiger partial charge in [-0.15, -0.1) is 54.1 Å². The molecule has 0 unspecified atom stereocenters. The Balaban J connectivity index is 0.000000263. The van der Waals surface area contributed by atoms with E-state index in [1.165, 1.54) is 17.4 Å². The van der Waals surface area contributed by atoms with Gasteiger partial charge in [0.25, 0.3) is 0 Å². The van der Waals surface area contributed by atoms with Gasteiger partial charge in [-0.1, -0.05) is 93.3 Å². The third kappa shape index (κ3) is 7.81. The Hall–Kier alpha value is -4.68. The third-order valence-corrected chi connectivity index (χ3v) is 10.3. The number of rotatable bonds is 5. The molecule has 0 aliphatic carbocycles. The number of fused-ring (bicyclic) bond motifs is 5. The molecule has 259 valence electrons. The van der Waals surface area contributed by atoms with Crippen molar-refractivity contribution in [2.75, 3.05) is 0 Å². The Kier molecular flexibility index (Phi) is 8.53. The molecule has 4 heterocycles. The fourth-order valence-corrected chi connectivity index (χ4v) is 6.76. The first kappa shape index (κ1) is 30.0. The van der Waals surface area contributed by atoms with Crippen molar-refractivity contribution in [3.8, 4) is 34.0 Å². The first-order chi connectivity index (χ1) is 25.9. The summed E-state index contributed by atoms with van der Waals surface area (Å²) in [7, 11) is -1.23. The van der Waals surface area contributed by atoms with Crippen molar-refractivity contribution in [1.82, 2.24) is 15.0 Å². The summed E-state index contributed by atoms with van der Waals surface area (Å²) in [5.74, 6) is 0.487. The number of nitrogens with zero attached hydrogens (tertiary/aromatic N) is 3. The molecule has 4 aromatic carbocycles. The summed E-state index contributed by atoms with van der Waals surface area (Å²) in [6, 6.07) is 37.2. The van der Waals surface area contributed by atoms with Gasteiger partial charge in [-0.05, 0) is 65.0 Å². The number of aromatic nitrogens is 3. The van der Waals surface area contributed by atoms with Crippen molar-refractivity contribution in [2.24, 2.45) is 5.41 Å². The molecule has 0 aliphatic heterocycles. The number of furan rings is 1. The maximum absolute atomic E-state index is 8.85. The molecule has 8 aromatic rings. The Morgan fingerprint density at radius 3 is 2.22 bits per heavy atom. The SMILES string of the molecule is C[Si](C)(C)c1ccc(-c2[c-]cccc2)nc1.[2H]C([2H])([2H])c1cnc(-c2[c-]ccc3c2oc2c3ccc3nc(-c4ccccc4)oc32)cc1C([2H])([2H])C(C)(C)C.[Ir]. The van der Waals surface area contributed by atoms with E-state index in [1.54, 1.807) is 26.8 Å². The predicted octanol–water partition coefficient (Wildman–Crippen LogP) is 11.2. The Labute approximate surface area is 321 Å². The molecule has 0 bridgehead atoms. The normalized spacial score (nSPS) is 13.7. The van der Waals surface area contributed by atoms with Gasteiger partial charge in [0.1, 0.15) is 5.52 Å². The van der Waals surface area contributed by atoms with E-state index in [4.69, 9.17) is 15.7 Å². The molecule has 4 aromatic heterocycles. The van der Waals surface area contributed by atoms with Crippen LogP contribution in [0.15, 0.2) is 118 Å². The molecule has 0 aliphatic rings. The number of benzene rings is 4. The molecule has 5 nitrogen and oxygen atoms in total.